The highest BCUT2D eigenvalue weighted by molar-refractivity contribution is 4.89. The van der Waals surface area contributed by atoms with Crippen molar-refractivity contribution in [3.05, 3.63) is 0 Å². The van der Waals surface area contributed by atoms with E-state index in [1.165, 1.54) is 12.8 Å². The molecule has 78 valence electrons. The van der Waals surface area contributed by atoms with Crippen LogP contribution >= 0.6 is 0 Å². The summed E-state index contributed by atoms with van der Waals surface area (Å²) in [6.07, 6.45) is 4.32. The average Bonchev–Trinajstić information content (AvgIpc) is 1.93. The first-order valence-corrected chi connectivity index (χ1v) is 5.34. The van der Waals surface area contributed by atoms with Gasteiger partial charge in [0.1, 0.15) is 0 Å². The van der Waals surface area contributed by atoms with Gasteiger partial charge in [-0.3, -0.25) is 0 Å². The van der Waals surface area contributed by atoms with Crippen LogP contribution < -0.4 is 5.32 Å². The Morgan fingerprint density at radius 1 is 1.31 bits per heavy atom. The molecule has 1 aliphatic carbocycles. The van der Waals surface area contributed by atoms with E-state index >= 15 is 0 Å². The van der Waals surface area contributed by atoms with Gasteiger partial charge in [0.25, 0.3) is 0 Å². The minimum absolute atomic E-state index is 0.363. The molecule has 2 nitrogen and oxygen atoms in total. The predicted octanol–water partition coefficient (Wildman–Crippen LogP) is 1.93. The largest absolute Gasteiger partial charge is 0.389 e. The van der Waals surface area contributed by atoms with Crippen molar-refractivity contribution in [2.45, 2.75) is 52.1 Å². The van der Waals surface area contributed by atoms with E-state index in [9.17, 15) is 5.11 Å². The quantitative estimate of drug-likeness (QED) is 0.656. The fraction of sp³-hybridized carbons (Fsp3) is 1.00. The molecule has 0 aromatic carbocycles. The van der Waals surface area contributed by atoms with Crippen LogP contribution in [0.1, 0.15) is 46.5 Å². The summed E-state index contributed by atoms with van der Waals surface area (Å²) in [6, 6.07) is 0. The SMILES string of the molecule is CC(C)(C)CCNCC1(O)CCC1. The summed E-state index contributed by atoms with van der Waals surface area (Å²) in [5.41, 5.74) is 0.0348. The van der Waals surface area contributed by atoms with Crippen LogP contribution in [0.25, 0.3) is 0 Å². The van der Waals surface area contributed by atoms with E-state index in [4.69, 9.17) is 0 Å². The maximum Gasteiger partial charge on any atom is 0.0771 e. The van der Waals surface area contributed by atoms with Crippen molar-refractivity contribution in [3.63, 3.8) is 0 Å². The van der Waals surface area contributed by atoms with Crippen LogP contribution in [0.15, 0.2) is 0 Å². The van der Waals surface area contributed by atoms with E-state index < -0.39 is 0 Å². The number of aliphatic hydroxyl groups is 1. The first-order valence-electron chi connectivity index (χ1n) is 5.34. The van der Waals surface area contributed by atoms with Crippen LogP contribution in [0, 0.1) is 5.41 Å². The fourth-order valence-corrected chi connectivity index (χ4v) is 1.55. The van der Waals surface area contributed by atoms with Crippen molar-refractivity contribution in [2.24, 2.45) is 5.41 Å². The minimum Gasteiger partial charge on any atom is -0.389 e. The second kappa shape index (κ2) is 3.97. The van der Waals surface area contributed by atoms with Crippen molar-refractivity contribution >= 4 is 0 Å². The molecule has 1 aliphatic rings. The Hall–Kier alpha value is -0.0800. The first kappa shape index (κ1) is 11.0. The van der Waals surface area contributed by atoms with E-state index in [1.807, 2.05) is 0 Å². The summed E-state index contributed by atoms with van der Waals surface area (Å²) in [5.74, 6) is 0. The summed E-state index contributed by atoms with van der Waals surface area (Å²) in [6.45, 7) is 8.53. The molecule has 0 aromatic heterocycles. The molecule has 2 N–H and O–H groups in total. The van der Waals surface area contributed by atoms with Crippen molar-refractivity contribution in [1.82, 2.24) is 5.32 Å². The van der Waals surface area contributed by atoms with E-state index in [2.05, 4.69) is 26.1 Å². The number of nitrogens with one attached hydrogen (secondary N) is 1. The summed E-state index contributed by atoms with van der Waals surface area (Å²) < 4.78 is 0. The predicted molar refractivity (Wildman–Crippen MR) is 55.7 cm³/mol. The van der Waals surface area contributed by atoms with Crippen molar-refractivity contribution in [2.75, 3.05) is 13.1 Å². The van der Waals surface area contributed by atoms with Gasteiger partial charge in [-0.1, -0.05) is 20.8 Å². The second-order valence-electron chi connectivity index (χ2n) is 5.57. The van der Waals surface area contributed by atoms with Gasteiger partial charge in [0, 0.05) is 6.54 Å². The Morgan fingerprint density at radius 2 is 1.92 bits per heavy atom. The van der Waals surface area contributed by atoms with Crippen LogP contribution in [-0.4, -0.2) is 23.8 Å². The summed E-state index contributed by atoms with van der Waals surface area (Å²) in [7, 11) is 0. The molecule has 0 radical (unpaired) electrons. The van der Waals surface area contributed by atoms with Crippen molar-refractivity contribution < 1.29 is 5.11 Å². The molecule has 2 heteroatoms. The molecule has 0 aliphatic heterocycles. The van der Waals surface area contributed by atoms with E-state index in [0.29, 0.717) is 5.41 Å². The average molecular weight is 185 g/mol. The van der Waals surface area contributed by atoms with Crippen LogP contribution in [0.2, 0.25) is 0 Å². The van der Waals surface area contributed by atoms with Gasteiger partial charge >= 0.3 is 0 Å². The van der Waals surface area contributed by atoms with Gasteiger partial charge in [0.2, 0.25) is 0 Å². The third kappa shape index (κ3) is 4.10. The molecule has 1 rings (SSSR count). The molecule has 0 heterocycles. The molecule has 0 saturated heterocycles. The highest BCUT2D eigenvalue weighted by atomic mass is 16.3. The number of hydrogen-bond acceptors (Lipinski definition) is 2. The highest BCUT2D eigenvalue weighted by Gasteiger charge is 2.33. The van der Waals surface area contributed by atoms with Gasteiger partial charge in [-0.2, -0.15) is 0 Å². The Bertz CT molecular complexity index is 156. The lowest BCUT2D eigenvalue weighted by molar-refractivity contribution is -0.0314. The van der Waals surface area contributed by atoms with E-state index in [0.717, 1.165) is 25.9 Å². The first-order chi connectivity index (χ1) is 5.91. The second-order valence-corrected chi connectivity index (χ2v) is 5.57. The molecule has 0 aromatic rings. The zero-order valence-corrected chi connectivity index (χ0v) is 9.19. The zero-order chi connectivity index (χ0) is 9.95. The van der Waals surface area contributed by atoms with Crippen LogP contribution in [0.5, 0.6) is 0 Å². The van der Waals surface area contributed by atoms with E-state index in [-0.39, 0.29) is 5.60 Å². The summed E-state index contributed by atoms with van der Waals surface area (Å²) >= 11 is 0. The normalized spacial score (nSPS) is 21.2. The van der Waals surface area contributed by atoms with Crippen molar-refractivity contribution in [1.29, 1.82) is 0 Å². The highest BCUT2D eigenvalue weighted by Crippen LogP contribution is 2.30. The lowest BCUT2D eigenvalue weighted by atomic mass is 9.80. The van der Waals surface area contributed by atoms with Crippen LogP contribution in [0.3, 0.4) is 0 Å². The molecule has 0 bridgehead atoms. The van der Waals surface area contributed by atoms with Gasteiger partial charge < -0.3 is 10.4 Å². The molecule has 1 saturated carbocycles. The van der Waals surface area contributed by atoms with Gasteiger partial charge in [-0.25, -0.2) is 0 Å². The van der Waals surface area contributed by atoms with Gasteiger partial charge in [0.05, 0.1) is 5.60 Å². The molecule has 0 spiro atoms. The van der Waals surface area contributed by atoms with Crippen LogP contribution in [-0.2, 0) is 0 Å². The van der Waals surface area contributed by atoms with Crippen LogP contribution in [0.4, 0.5) is 0 Å². The molecular weight excluding hydrogens is 162 g/mol. The lowest BCUT2D eigenvalue weighted by Gasteiger charge is -2.37. The lowest BCUT2D eigenvalue weighted by Crippen LogP contribution is -2.46. The summed E-state index contributed by atoms with van der Waals surface area (Å²) in [5, 5.41) is 13.1. The third-order valence-corrected chi connectivity index (χ3v) is 2.79. The zero-order valence-electron chi connectivity index (χ0n) is 9.19. The monoisotopic (exact) mass is 185 g/mol. The topological polar surface area (TPSA) is 32.3 Å². The maximum absolute atomic E-state index is 9.78. The number of hydrogen-bond donors (Lipinski definition) is 2. The molecule has 0 atom stereocenters. The smallest absolute Gasteiger partial charge is 0.0771 e. The minimum atomic E-state index is -0.363. The van der Waals surface area contributed by atoms with Gasteiger partial charge in [-0.15, -0.1) is 0 Å². The van der Waals surface area contributed by atoms with Gasteiger partial charge in [0.15, 0.2) is 0 Å². The third-order valence-electron chi connectivity index (χ3n) is 2.79. The maximum atomic E-state index is 9.78. The standard InChI is InChI=1S/C11H23NO/c1-10(2,3)7-8-12-9-11(13)5-4-6-11/h12-13H,4-9H2,1-3H3. The molecule has 13 heavy (non-hydrogen) atoms. The molecule has 0 unspecified atom stereocenters. The number of rotatable bonds is 4. The summed E-state index contributed by atoms with van der Waals surface area (Å²) in [4.78, 5) is 0. The Labute approximate surface area is 81.7 Å². The molecular formula is C11H23NO. The Kier molecular flexibility index (Phi) is 3.36. The Morgan fingerprint density at radius 3 is 2.31 bits per heavy atom. The molecule has 1 fully saturated rings. The molecule has 0 amide bonds. The van der Waals surface area contributed by atoms with E-state index in [1.54, 1.807) is 0 Å². The van der Waals surface area contributed by atoms with Gasteiger partial charge in [-0.05, 0) is 37.6 Å². The fourth-order valence-electron chi connectivity index (χ4n) is 1.55. The van der Waals surface area contributed by atoms with Crippen molar-refractivity contribution in [3.8, 4) is 0 Å². The Balaban J connectivity index is 2.01.